The molecule has 1 aromatic carbocycles. The van der Waals surface area contributed by atoms with Crippen molar-refractivity contribution >= 4 is 0 Å². The second-order valence-corrected chi connectivity index (χ2v) is 5.83. The van der Waals surface area contributed by atoms with Crippen molar-refractivity contribution < 1.29 is 0 Å². The Bertz CT molecular complexity index is 406. The topological polar surface area (TPSA) is 32.5 Å². The lowest BCUT2D eigenvalue weighted by atomic mass is 10.0. The van der Waals surface area contributed by atoms with Crippen LogP contribution >= 0.6 is 0 Å². The molecule has 1 aliphatic heterocycles. The van der Waals surface area contributed by atoms with E-state index in [1.807, 2.05) is 0 Å². The van der Waals surface area contributed by atoms with Crippen molar-refractivity contribution in [3.05, 3.63) is 35.4 Å². The predicted octanol–water partition coefficient (Wildman–Crippen LogP) is 1.47. The molecule has 0 unspecified atom stereocenters. The number of hydrogen-bond donors (Lipinski definition) is 1. The molecule has 19 heavy (non-hydrogen) atoms. The Balaban J connectivity index is 1.47. The van der Waals surface area contributed by atoms with E-state index < -0.39 is 0 Å². The Morgan fingerprint density at radius 3 is 2.32 bits per heavy atom. The molecule has 2 fully saturated rings. The van der Waals surface area contributed by atoms with Gasteiger partial charge >= 0.3 is 0 Å². The molecule has 3 rings (SSSR count). The largest absolute Gasteiger partial charge is 0.326 e. The molecule has 0 spiro atoms. The lowest BCUT2D eigenvalue weighted by Crippen LogP contribution is -2.47. The van der Waals surface area contributed by atoms with Crippen LogP contribution in [0.25, 0.3) is 0 Å². The third kappa shape index (κ3) is 3.35. The standard InChI is InChI=1S/C16H25N3/c17-13-15-4-2-1-3-14(15)7-8-18-9-11-19(12-10-18)16-5-6-16/h1-4,16H,5-13,17H2. The van der Waals surface area contributed by atoms with Crippen LogP contribution in [0.2, 0.25) is 0 Å². The SMILES string of the molecule is NCc1ccccc1CCN1CCN(C2CC2)CC1. The van der Waals surface area contributed by atoms with Crippen LogP contribution in [0.3, 0.4) is 0 Å². The van der Waals surface area contributed by atoms with Gasteiger partial charge in [-0.15, -0.1) is 0 Å². The Morgan fingerprint density at radius 2 is 1.68 bits per heavy atom. The first-order valence-electron chi connectivity index (χ1n) is 7.60. The van der Waals surface area contributed by atoms with Crippen LogP contribution in [0.5, 0.6) is 0 Å². The number of nitrogens with two attached hydrogens (primary N) is 1. The van der Waals surface area contributed by atoms with Crippen LogP contribution in [-0.4, -0.2) is 48.6 Å². The Hall–Kier alpha value is -0.900. The molecule has 1 heterocycles. The van der Waals surface area contributed by atoms with Crippen LogP contribution in [0.1, 0.15) is 24.0 Å². The minimum absolute atomic E-state index is 0.658. The van der Waals surface area contributed by atoms with Gasteiger partial charge in [-0.05, 0) is 30.4 Å². The lowest BCUT2D eigenvalue weighted by molar-refractivity contribution is 0.127. The lowest BCUT2D eigenvalue weighted by Gasteiger charge is -2.34. The van der Waals surface area contributed by atoms with Gasteiger partial charge in [-0.2, -0.15) is 0 Å². The molecular formula is C16H25N3. The summed E-state index contributed by atoms with van der Waals surface area (Å²) in [7, 11) is 0. The molecule has 2 aliphatic rings. The highest BCUT2D eigenvalue weighted by molar-refractivity contribution is 5.27. The number of piperazine rings is 1. The van der Waals surface area contributed by atoms with Gasteiger partial charge in [0.05, 0.1) is 0 Å². The zero-order chi connectivity index (χ0) is 13.1. The maximum atomic E-state index is 5.80. The molecule has 2 N–H and O–H groups in total. The van der Waals surface area contributed by atoms with Gasteiger partial charge in [0.15, 0.2) is 0 Å². The Morgan fingerprint density at radius 1 is 1.00 bits per heavy atom. The van der Waals surface area contributed by atoms with E-state index in [9.17, 15) is 0 Å². The van der Waals surface area contributed by atoms with E-state index in [1.165, 1.54) is 56.7 Å². The van der Waals surface area contributed by atoms with E-state index >= 15 is 0 Å². The maximum absolute atomic E-state index is 5.80. The van der Waals surface area contributed by atoms with Gasteiger partial charge in [-0.25, -0.2) is 0 Å². The van der Waals surface area contributed by atoms with E-state index in [0.717, 1.165) is 12.5 Å². The van der Waals surface area contributed by atoms with Gasteiger partial charge in [-0.3, -0.25) is 4.90 Å². The zero-order valence-electron chi connectivity index (χ0n) is 11.7. The van der Waals surface area contributed by atoms with E-state index in [1.54, 1.807) is 0 Å². The molecule has 0 amide bonds. The molecule has 3 nitrogen and oxygen atoms in total. The average Bonchev–Trinajstić information content (AvgIpc) is 3.30. The van der Waals surface area contributed by atoms with Crippen molar-refractivity contribution in [2.45, 2.75) is 31.8 Å². The fourth-order valence-corrected chi connectivity index (χ4v) is 3.07. The van der Waals surface area contributed by atoms with Crippen molar-refractivity contribution in [2.75, 3.05) is 32.7 Å². The highest BCUT2D eigenvalue weighted by atomic mass is 15.3. The summed E-state index contributed by atoms with van der Waals surface area (Å²) in [5.74, 6) is 0. The highest BCUT2D eigenvalue weighted by Crippen LogP contribution is 2.27. The zero-order valence-corrected chi connectivity index (χ0v) is 11.7. The molecular weight excluding hydrogens is 234 g/mol. The fraction of sp³-hybridized carbons (Fsp3) is 0.625. The van der Waals surface area contributed by atoms with Gasteiger partial charge in [0, 0.05) is 45.3 Å². The summed E-state index contributed by atoms with van der Waals surface area (Å²) < 4.78 is 0. The summed E-state index contributed by atoms with van der Waals surface area (Å²) in [6, 6.07) is 9.52. The highest BCUT2D eigenvalue weighted by Gasteiger charge is 2.30. The second-order valence-electron chi connectivity index (χ2n) is 5.83. The number of rotatable bonds is 5. The average molecular weight is 259 g/mol. The van der Waals surface area contributed by atoms with Gasteiger partial charge < -0.3 is 10.6 Å². The smallest absolute Gasteiger partial charge is 0.0180 e. The summed E-state index contributed by atoms with van der Waals surface area (Å²) in [4.78, 5) is 5.27. The van der Waals surface area contributed by atoms with E-state index in [4.69, 9.17) is 5.73 Å². The van der Waals surface area contributed by atoms with Gasteiger partial charge in [0.2, 0.25) is 0 Å². The van der Waals surface area contributed by atoms with Crippen molar-refractivity contribution in [1.29, 1.82) is 0 Å². The van der Waals surface area contributed by atoms with Gasteiger partial charge in [0.1, 0.15) is 0 Å². The number of nitrogens with zero attached hydrogens (tertiary/aromatic N) is 2. The normalized spacial score (nSPS) is 21.7. The molecule has 0 radical (unpaired) electrons. The van der Waals surface area contributed by atoms with Crippen LogP contribution in [-0.2, 0) is 13.0 Å². The van der Waals surface area contributed by atoms with Crippen molar-refractivity contribution in [3.8, 4) is 0 Å². The maximum Gasteiger partial charge on any atom is 0.0180 e. The molecule has 1 aromatic rings. The molecule has 1 aliphatic carbocycles. The van der Waals surface area contributed by atoms with Crippen LogP contribution in [0.4, 0.5) is 0 Å². The Kier molecular flexibility index (Phi) is 4.16. The third-order valence-electron chi connectivity index (χ3n) is 4.51. The summed E-state index contributed by atoms with van der Waals surface area (Å²) in [5.41, 5.74) is 8.53. The molecule has 1 saturated carbocycles. The molecule has 0 atom stereocenters. The number of hydrogen-bond acceptors (Lipinski definition) is 3. The van der Waals surface area contributed by atoms with E-state index in [-0.39, 0.29) is 0 Å². The van der Waals surface area contributed by atoms with Crippen molar-refractivity contribution in [3.63, 3.8) is 0 Å². The minimum Gasteiger partial charge on any atom is -0.326 e. The first-order valence-corrected chi connectivity index (χ1v) is 7.60. The Labute approximate surface area is 116 Å². The first kappa shape index (κ1) is 13.1. The summed E-state index contributed by atoms with van der Waals surface area (Å²) in [5, 5.41) is 0. The number of benzene rings is 1. The predicted molar refractivity (Wildman–Crippen MR) is 79.1 cm³/mol. The van der Waals surface area contributed by atoms with Crippen molar-refractivity contribution in [2.24, 2.45) is 5.73 Å². The second kappa shape index (κ2) is 6.04. The molecule has 0 bridgehead atoms. The van der Waals surface area contributed by atoms with Gasteiger partial charge in [0.25, 0.3) is 0 Å². The van der Waals surface area contributed by atoms with Crippen LogP contribution in [0, 0.1) is 0 Å². The van der Waals surface area contributed by atoms with Crippen LogP contribution in [0.15, 0.2) is 24.3 Å². The van der Waals surface area contributed by atoms with E-state index in [2.05, 4.69) is 34.1 Å². The first-order chi connectivity index (χ1) is 9.36. The summed E-state index contributed by atoms with van der Waals surface area (Å²) in [6.45, 7) is 6.84. The third-order valence-corrected chi connectivity index (χ3v) is 4.51. The van der Waals surface area contributed by atoms with Crippen molar-refractivity contribution in [1.82, 2.24) is 9.80 Å². The fourth-order valence-electron chi connectivity index (χ4n) is 3.07. The quantitative estimate of drug-likeness (QED) is 0.869. The minimum atomic E-state index is 0.658. The molecule has 3 heteroatoms. The summed E-state index contributed by atoms with van der Waals surface area (Å²) >= 11 is 0. The molecule has 104 valence electrons. The monoisotopic (exact) mass is 259 g/mol. The summed E-state index contributed by atoms with van der Waals surface area (Å²) in [6.07, 6.45) is 4.00. The molecule has 1 saturated heterocycles. The molecule has 0 aromatic heterocycles. The van der Waals surface area contributed by atoms with Crippen LogP contribution < -0.4 is 5.73 Å². The van der Waals surface area contributed by atoms with Gasteiger partial charge in [-0.1, -0.05) is 24.3 Å². The van der Waals surface area contributed by atoms with E-state index in [0.29, 0.717) is 6.54 Å².